The average Bonchev–Trinajstić information content (AvgIpc) is 2.33. The molecule has 1 atom stereocenters. The quantitative estimate of drug-likeness (QED) is 0.904. The van der Waals surface area contributed by atoms with Gasteiger partial charge in [0.25, 0.3) is 0 Å². The first kappa shape index (κ1) is 15.3. The second-order valence-corrected chi connectivity index (χ2v) is 5.27. The van der Waals surface area contributed by atoms with E-state index in [1.54, 1.807) is 0 Å². The molecule has 0 saturated carbocycles. The van der Waals surface area contributed by atoms with E-state index in [-0.39, 0.29) is 12.4 Å². The van der Waals surface area contributed by atoms with Crippen molar-refractivity contribution in [1.82, 2.24) is 5.32 Å². The Hall–Kier alpha value is -0.730. The number of ether oxygens (including phenoxy) is 1. The number of nitrogens with one attached hydrogen (secondary N) is 1. The maximum absolute atomic E-state index is 6.11. The topological polar surface area (TPSA) is 21.3 Å². The van der Waals surface area contributed by atoms with Crippen molar-refractivity contribution in [2.45, 2.75) is 45.6 Å². The molecule has 1 N–H and O–H groups in total. The van der Waals surface area contributed by atoms with Crippen molar-refractivity contribution in [1.29, 1.82) is 0 Å². The summed E-state index contributed by atoms with van der Waals surface area (Å²) in [6.07, 6.45) is 2.72. The van der Waals surface area contributed by atoms with Crippen molar-refractivity contribution in [3.05, 3.63) is 29.3 Å². The largest absolute Gasteiger partial charge is 0.489 e. The van der Waals surface area contributed by atoms with Gasteiger partial charge in [-0.05, 0) is 49.4 Å². The molecular formula is C15H24ClNO. The van der Waals surface area contributed by atoms with Gasteiger partial charge in [-0.3, -0.25) is 0 Å². The van der Waals surface area contributed by atoms with Gasteiger partial charge < -0.3 is 10.1 Å². The van der Waals surface area contributed by atoms with E-state index in [4.69, 9.17) is 4.74 Å². The summed E-state index contributed by atoms with van der Waals surface area (Å²) in [6.45, 7) is 8.67. The first-order valence-corrected chi connectivity index (χ1v) is 6.64. The highest BCUT2D eigenvalue weighted by atomic mass is 35.5. The van der Waals surface area contributed by atoms with Crippen molar-refractivity contribution in [3.63, 3.8) is 0 Å². The van der Waals surface area contributed by atoms with Gasteiger partial charge in [-0.1, -0.05) is 26.0 Å². The van der Waals surface area contributed by atoms with Gasteiger partial charge in [-0.25, -0.2) is 0 Å². The number of hydrogen-bond donors (Lipinski definition) is 1. The van der Waals surface area contributed by atoms with Crippen LogP contribution in [0.3, 0.4) is 0 Å². The molecular weight excluding hydrogens is 246 g/mol. The average molecular weight is 270 g/mol. The Morgan fingerprint density at radius 1 is 1.33 bits per heavy atom. The summed E-state index contributed by atoms with van der Waals surface area (Å²) in [7, 11) is 0. The standard InChI is InChI=1S/C15H23NO.ClH/c1-11(2)13-7-6-12(3)15(9-13)17-14-5-4-8-16-10-14;/h6-7,9,11,14,16H,4-5,8,10H2,1-3H3;1H. The van der Waals surface area contributed by atoms with Crippen molar-refractivity contribution in [2.24, 2.45) is 0 Å². The van der Waals surface area contributed by atoms with E-state index in [0.29, 0.717) is 12.0 Å². The van der Waals surface area contributed by atoms with Crippen molar-refractivity contribution in [3.8, 4) is 5.75 Å². The maximum atomic E-state index is 6.11. The Morgan fingerprint density at radius 3 is 2.72 bits per heavy atom. The van der Waals surface area contributed by atoms with Crippen molar-refractivity contribution >= 4 is 12.4 Å². The lowest BCUT2D eigenvalue weighted by atomic mass is 10.0. The maximum Gasteiger partial charge on any atom is 0.122 e. The second-order valence-electron chi connectivity index (χ2n) is 5.27. The van der Waals surface area contributed by atoms with E-state index in [2.05, 4.69) is 44.3 Å². The van der Waals surface area contributed by atoms with Crippen LogP contribution in [-0.2, 0) is 0 Å². The van der Waals surface area contributed by atoms with E-state index < -0.39 is 0 Å². The zero-order chi connectivity index (χ0) is 12.3. The molecule has 3 heteroatoms. The lowest BCUT2D eigenvalue weighted by Gasteiger charge is -2.25. The molecule has 2 rings (SSSR count). The van der Waals surface area contributed by atoms with Crippen LogP contribution in [0.4, 0.5) is 0 Å². The minimum atomic E-state index is 0. The molecule has 0 aromatic heterocycles. The van der Waals surface area contributed by atoms with E-state index in [0.717, 1.165) is 18.8 Å². The molecule has 0 radical (unpaired) electrons. The number of hydrogen-bond acceptors (Lipinski definition) is 2. The van der Waals surface area contributed by atoms with Crippen molar-refractivity contribution in [2.75, 3.05) is 13.1 Å². The summed E-state index contributed by atoms with van der Waals surface area (Å²) in [5.41, 5.74) is 2.59. The molecule has 0 spiro atoms. The summed E-state index contributed by atoms with van der Waals surface area (Å²) in [5, 5.41) is 3.39. The highest BCUT2D eigenvalue weighted by Gasteiger charge is 2.15. The SMILES string of the molecule is Cc1ccc(C(C)C)cc1OC1CCCNC1.Cl. The number of benzene rings is 1. The number of rotatable bonds is 3. The van der Waals surface area contributed by atoms with Gasteiger partial charge in [0.2, 0.25) is 0 Å². The van der Waals surface area contributed by atoms with Gasteiger partial charge in [0.05, 0.1) is 0 Å². The van der Waals surface area contributed by atoms with Gasteiger partial charge in [0, 0.05) is 6.54 Å². The van der Waals surface area contributed by atoms with E-state index >= 15 is 0 Å². The Morgan fingerprint density at radius 2 is 2.11 bits per heavy atom. The van der Waals surface area contributed by atoms with Crippen LogP contribution < -0.4 is 10.1 Å². The summed E-state index contributed by atoms with van der Waals surface area (Å²) in [5.74, 6) is 1.62. The molecule has 102 valence electrons. The molecule has 18 heavy (non-hydrogen) atoms. The summed E-state index contributed by atoms with van der Waals surface area (Å²) in [6, 6.07) is 6.57. The lowest BCUT2D eigenvalue weighted by molar-refractivity contribution is 0.166. The van der Waals surface area contributed by atoms with E-state index in [1.807, 2.05) is 0 Å². The van der Waals surface area contributed by atoms with Gasteiger partial charge in [0.15, 0.2) is 0 Å². The predicted octanol–water partition coefficient (Wildman–Crippen LogP) is 3.67. The Labute approximate surface area is 117 Å². The summed E-state index contributed by atoms with van der Waals surface area (Å²) >= 11 is 0. The highest BCUT2D eigenvalue weighted by Crippen LogP contribution is 2.26. The van der Waals surface area contributed by atoms with Crippen LogP contribution in [-0.4, -0.2) is 19.2 Å². The molecule has 1 aliphatic rings. The molecule has 1 saturated heterocycles. The zero-order valence-electron chi connectivity index (χ0n) is 11.5. The minimum Gasteiger partial charge on any atom is -0.489 e. The number of halogens is 1. The second kappa shape index (κ2) is 7.01. The van der Waals surface area contributed by atoms with Crippen LogP contribution in [0, 0.1) is 6.92 Å². The van der Waals surface area contributed by atoms with Gasteiger partial charge in [0.1, 0.15) is 11.9 Å². The number of piperidine rings is 1. The van der Waals surface area contributed by atoms with Gasteiger partial charge >= 0.3 is 0 Å². The van der Waals surface area contributed by atoms with Crippen LogP contribution in [0.2, 0.25) is 0 Å². The third kappa shape index (κ3) is 3.89. The molecule has 0 bridgehead atoms. The summed E-state index contributed by atoms with van der Waals surface area (Å²) in [4.78, 5) is 0. The molecule has 0 aliphatic carbocycles. The third-order valence-electron chi connectivity index (χ3n) is 3.42. The minimum absolute atomic E-state index is 0. The molecule has 1 aromatic rings. The van der Waals surface area contributed by atoms with Crippen LogP contribution in [0.25, 0.3) is 0 Å². The molecule has 1 aromatic carbocycles. The van der Waals surface area contributed by atoms with Crippen LogP contribution in [0.5, 0.6) is 5.75 Å². The normalized spacial score (nSPS) is 19.4. The van der Waals surface area contributed by atoms with Gasteiger partial charge in [-0.2, -0.15) is 0 Å². The van der Waals surface area contributed by atoms with E-state index in [1.165, 1.54) is 24.0 Å². The van der Waals surface area contributed by atoms with Gasteiger partial charge in [-0.15, -0.1) is 12.4 Å². The van der Waals surface area contributed by atoms with Crippen LogP contribution >= 0.6 is 12.4 Å². The smallest absolute Gasteiger partial charge is 0.122 e. The molecule has 1 aliphatic heterocycles. The fourth-order valence-electron chi connectivity index (χ4n) is 2.20. The third-order valence-corrected chi connectivity index (χ3v) is 3.42. The molecule has 1 heterocycles. The van der Waals surface area contributed by atoms with Crippen LogP contribution in [0.15, 0.2) is 18.2 Å². The predicted molar refractivity (Wildman–Crippen MR) is 79.0 cm³/mol. The number of aryl methyl sites for hydroxylation is 1. The lowest BCUT2D eigenvalue weighted by Crippen LogP contribution is -2.37. The fraction of sp³-hybridized carbons (Fsp3) is 0.600. The molecule has 1 unspecified atom stereocenters. The fourth-order valence-corrected chi connectivity index (χ4v) is 2.20. The highest BCUT2D eigenvalue weighted by molar-refractivity contribution is 5.85. The first-order valence-electron chi connectivity index (χ1n) is 6.64. The molecule has 0 amide bonds. The monoisotopic (exact) mass is 269 g/mol. The molecule has 2 nitrogen and oxygen atoms in total. The van der Waals surface area contributed by atoms with Crippen LogP contribution in [0.1, 0.15) is 43.7 Å². The Kier molecular flexibility index (Phi) is 5.97. The zero-order valence-corrected chi connectivity index (χ0v) is 12.3. The van der Waals surface area contributed by atoms with E-state index in [9.17, 15) is 0 Å². The van der Waals surface area contributed by atoms with Crippen molar-refractivity contribution < 1.29 is 4.74 Å². The summed E-state index contributed by atoms with van der Waals surface area (Å²) < 4.78 is 6.11. The molecule has 1 fully saturated rings. The Balaban J connectivity index is 0.00000162. The Bertz CT molecular complexity index is 373. The first-order chi connectivity index (χ1) is 8.16.